The van der Waals surface area contributed by atoms with Crippen LogP contribution in [0.15, 0.2) is 30.5 Å². The maximum Gasteiger partial charge on any atom is 0.274 e. The van der Waals surface area contributed by atoms with Crippen LogP contribution in [-0.2, 0) is 16.8 Å². The van der Waals surface area contributed by atoms with Gasteiger partial charge in [-0.2, -0.15) is 0 Å². The van der Waals surface area contributed by atoms with Crippen LogP contribution in [0.2, 0.25) is 0 Å². The van der Waals surface area contributed by atoms with Gasteiger partial charge in [-0.15, -0.1) is 5.10 Å². The predicted octanol–water partition coefficient (Wildman–Crippen LogP) is 2.82. The highest BCUT2D eigenvalue weighted by Crippen LogP contribution is 2.39. The van der Waals surface area contributed by atoms with E-state index in [-0.39, 0.29) is 16.9 Å². The summed E-state index contributed by atoms with van der Waals surface area (Å²) >= 11 is 0. The SMILES string of the molecule is Cc1cccc(C2(NC(=O)c3cn(CC4(C)COC4)nn3)CCCC2)c1. The summed E-state index contributed by atoms with van der Waals surface area (Å²) in [5.74, 6) is -0.144. The first-order chi connectivity index (χ1) is 12.5. The molecule has 2 heterocycles. The molecule has 1 aromatic carbocycles. The molecule has 0 spiro atoms. The number of amides is 1. The van der Waals surface area contributed by atoms with Crippen LogP contribution in [0, 0.1) is 12.3 Å². The third kappa shape index (κ3) is 3.26. The minimum absolute atomic E-state index is 0.0929. The second kappa shape index (κ2) is 6.50. The maximum atomic E-state index is 12.9. The Morgan fingerprint density at radius 3 is 2.73 bits per heavy atom. The van der Waals surface area contributed by atoms with Crippen LogP contribution in [0.25, 0.3) is 0 Å². The van der Waals surface area contributed by atoms with E-state index in [4.69, 9.17) is 4.74 Å². The van der Waals surface area contributed by atoms with Crippen LogP contribution in [0.4, 0.5) is 0 Å². The van der Waals surface area contributed by atoms with Gasteiger partial charge in [0, 0.05) is 5.41 Å². The van der Waals surface area contributed by atoms with E-state index in [9.17, 15) is 4.79 Å². The van der Waals surface area contributed by atoms with Gasteiger partial charge in [0.05, 0.1) is 31.5 Å². The van der Waals surface area contributed by atoms with E-state index in [2.05, 4.69) is 53.7 Å². The summed E-state index contributed by atoms with van der Waals surface area (Å²) in [7, 11) is 0. The summed E-state index contributed by atoms with van der Waals surface area (Å²) in [5, 5.41) is 11.5. The molecule has 2 aliphatic rings. The summed E-state index contributed by atoms with van der Waals surface area (Å²) in [6.45, 7) is 6.42. The van der Waals surface area contributed by atoms with Crippen molar-refractivity contribution in [1.29, 1.82) is 0 Å². The number of carbonyl (C=O) groups excluding carboxylic acids is 1. The monoisotopic (exact) mass is 354 g/mol. The molecule has 6 nitrogen and oxygen atoms in total. The Morgan fingerprint density at radius 2 is 2.08 bits per heavy atom. The lowest BCUT2D eigenvalue weighted by Gasteiger charge is -2.37. The topological polar surface area (TPSA) is 69.0 Å². The smallest absolute Gasteiger partial charge is 0.274 e. The molecule has 0 bridgehead atoms. The molecular formula is C20H26N4O2. The second-order valence-electron chi connectivity index (χ2n) is 8.22. The van der Waals surface area contributed by atoms with E-state index < -0.39 is 0 Å². The zero-order chi connectivity index (χ0) is 18.2. The first-order valence-electron chi connectivity index (χ1n) is 9.36. The minimum atomic E-state index is -0.291. The highest BCUT2D eigenvalue weighted by Gasteiger charge is 2.38. The number of aryl methyl sites for hydroxylation is 1. The van der Waals surface area contributed by atoms with Crippen molar-refractivity contribution in [3.8, 4) is 0 Å². The van der Waals surface area contributed by atoms with Gasteiger partial charge in [-0.1, -0.05) is 54.8 Å². The van der Waals surface area contributed by atoms with Gasteiger partial charge in [0.15, 0.2) is 5.69 Å². The number of rotatable bonds is 5. The number of aromatic nitrogens is 3. The number of nitrogens with zero attached hydrogens (tertiary/aromatic N) is 3. The Balaban J connectivity index is 1.51. The van der Waals surface area contributed by atoms with Crippen molar-refractivity contribution in [2.45, 2.75) is 51.6 Å². The summed E-state index contributed by atoms with van der Waals surface area (Å²) < 4.78 is 7.04. The zero-order valence-corrected chi connectivity index (χ0v) is 15.5. The van der Waals surface area contributed by atoms with Gasteiger partial charge in [-0.3, -0.25) is 9.48 Å². The van der Waals surface area contributed by atoms with Crippen molar-refractivity contribution >= 4 is 5.91 Å². The molecule has 6 heteroatoms. The fourth-order valence-corrected chi connectivity index (χ4v) is 4.10. The van der Waals surface area contributed by atoms with Gasteiger partial charge in [0.25, 0.3) is 5.91 Å². The molecule has 0 unspecified atom stereocenters. The third-order valence-corrected chi connectivity index (χ3v) is 5.60. The van der Waals surface area contributed by atoms with Gasteiger partial charge in [-0.05, 0) is 25.3 Å². The third-order valence-electron chi connectivity index (χ3n) is 5.60. The van der Waals surface area contributed by atoms with Crippen molar-refractivity contribution in [3.63, 3.8) is 0 Å². The minimum Gasteiger partial charge on any atom is -0.380 e. The molecule has 1 N–H and O–H groups in total. The van der Waals surface area contributed by atoms with Gasteiger partial charge in [0.1, 0.15) is 0 Å². The highest BCUT2D eigenvalue weighted by atomic mass is 16.5. The van der Waals surface area contributed by atoms with E-state index in [0.717, 1.165) is 45.4 Å². The maximum absolute atomic E-state index is 12.9. The van der Waals surface area contributed by atoms with Gasteiger partial charge in [0.2, 0.25) is 0 Å². The van der Waals surface area contributed by atoms with Gasteiger partial charge >= 0.3 is 0 Å². The molecule has 1 aliphatic carbocycles. The molecule has 0 atom stereocenters. The van der Waals surface area contributed by atoms with Crippen LogP contribution in [0.5, 0.6) is 0 Å². The average molecular weight is 354 g/mol. The van der Waals surface area contributed by atoms with Crippen LogP contribution < -0.4 is 5.32 Å². The Bertz CT molecular complexity index is 804. The Morgan fingerprint density at radius 1 is 1.31 bits per heavy atom. The lowest BCUT2D eigenvalue weighted by molar-refractivity contribution is -0.111. The standard InChI is InChI=1S/C20H26N4O2/c1-15-6-5-7-16(10-15)20(8-3-4-9-20)21-18(25)17-11-24(23-22-17)12-19(2)13-26-14-19/h5-7,10-11H,3-4,8-9,12-14H2,1-2H3,(H,21,25). The average Bonchev–Trinajstić information content (AvgIpc) is 3.24. The lowest BCUT2D eigenvalue weighted by Crippen LogP contribution is -2.44. The number of nitrogens with one attached hydrogen (secondary N) is 1. The summed E-state index contributed by atoms with van der Waals surface area (Å²) in [6.07, 6.45) is 5.92. The zero-order valence-electron chi connectivity index (χ0n) is 15.5. The van der Waals surface area contributed by atoms with Crippen molar-refractivity contribution in [2.75, 3.05) is 13.2 Å². The first-order valence-corrected chi connectivity index (χ1v) is 9.36. The molecule has 1 saturated carbocycles. The molecule has 4 rings (SSSR count). The molecular weight excluding hydrogens is 328 g/mol. The summed E-state index contributed by atoms with van der Waals surface area (Å²) in [4.78, 5) is 12.9. The van der Waals surface area contributed by atoms with E-state index in [1.165, 1.54) is 11.1 Å². The predicted molar refractivity (Wildman–Crippen MR) is 97.7 cm³/mol. The van der Waals surface area contributed by atoms with Crippen LogP contribution >= 0.6 is 0 Å². The number of hydrogen-bond donors (Lipinski definition) is 1. The van der Waals surface area contributed by atoms with Gasteiger partial charge < -0.3 is 10.1 Å². The molecule has 1 amide bonds. The van der Waals surface area contributed by atoms with E-state index in [0.29, 0.717) is 5.69 Å². The van der Waals surface area contributed by atoms with Crippen molar-refractivity contribution in [1.82, 2.24) is 20.3 Å². The quantitative estimate of drug-likeness (QED) is 0.896. The number of carbonyl (C=O) groups is 1. The molecule has 1 saturated heterocycles. The van der Waals surface area contributed by atoms with Crippen LogP contribution in [0.3, 0.4) is 0 Å². The largest absolute Gasteiger partial charge is 0.380 e. The Kier molecular flexibility index (Phi) is 4.31. The van der Waals surface area contributed by atoms with Crippen molar-refractivity contribution in [3.05, 3.63) is 47.3 Å². The number of hydrogen-bond acceptors (Lipinski definition) is 4. The fourth-order valence-electron chi connectivity index (χ4n) is 4.10. The van der Waals surface area contributed by atoms with E-state index in [1.807, 2.05) is 0 Å². The van der Waals surface area contributed by atoms with Crippen LogP contribution in [-0.4, -0.2) is 34.1 Å². The molecule has 138 valence electrons. The fraction of sp³-hybridized carbons (Fsp3) is 0.550. The summed E-state index contributed by atoms with van der Waals surface area (Å²) in [6, 6.07) is 8.45. The highest BCUT2D eigenvalue weighted by molar-refractivity contribution is 5.92. The van der Waals surface area contributed by atoms with E-state index in [1.54, 1.807) is 10.9 Å². The molecule has 2 fully saturated rings. The number of benzene rings is 1. The summed E-state index contributed by atoms with van der Waals surface area (Å²) in [5.41, 5.74) is 2.59. The first kappa shape index (κ1) is 17.2. The van der Waals surface area contributed by atoms with Crippen molar-refractivity contribution in [2.24, 2.45) is 5.41 Å². The van der Waals surface area contributed by atoms with Gasteiger partial charge in [-0.25, -0.2) is 0 Å². The molecule has 26 heavy (non-hydrogen) atoms. The molecule has 0 radical (unpaired) electrons. The lowest BCUT2D eigenvalue weighted by atomic mass is 9.87. The van der Waals surface area contributed by atoms with Crippen molar-refractivity contribution < 1.29 is 9.53 Å². The second-order valence-corrected chi connectivity index (χ2v) is 8.22. The Labute approximate surface area is 153 Å². The number of ether oxygens (including phenoxy) is 1. The molecule has 1 aliphatic heterocycles. The normalized spacial score (nSPS) is 20.5. The Hall–Kier alpha value is -2.21. The van der Waals surface area contributed by atoms with Crippen LogP contribution in [0.1, 0.15) is 54.2 Å². The van der Waals surface area contributed by atoms with E-state index >= 15 is 0 Å². The molecule has 2 aromatic rings. The molecule has 1 aromatic heterocycles.